The Hall–Kier alpha value is -2.42. The number of rotatable bonds is 3. The second-order valence-corrected chi connectivity index (χ2v) is 6.34. The van der Waals surface area contributed by atoms with Crippen LogP contribution in [0.25, 0.3) is 11.1 Å². The quantitative estimate of drug-likeness (QED) is 0.681. The van der Waals surface area contributed by atoms with Gasteiger partial charge in [0, 0.05) is 16.7 Å². The van der Waals surface area contributed by atoms with Gasteiger partial charge in [0.05, 0.1) is 0 Å². The molecule has 0 atom stereocenters. The molecular formula is C22H26O3. The van der Waals surface area contributed by atoms with Gasteiger partial charge in [-0.25, -0.2) is 0 Å². The summed E-state index contributed by atoms with van der Waals surface area (Å²) in [5, 5.41) is 0. The predicted molar refractivity (Wildman–Crippen MR) is 102 cm³/mol. The van der Waals surface area contributed by atoms with E-state index in [9.17, 15) is 9.59 Å². The molecule has 1 aliphatic heterocycles. The molecule has 0 aliphatic carbocycles. The molecule has 0 radical (unpaired) electrons. The van der Waals surface area contributed by atoms with Crippen molar-refractivity contribution in [1.29, 1.82) is 0 Å². The zero-order valence-corrected chi connectivity index (χ0v) is 15.7. The summed E-state index contributed by atoms with van der Waals surface area (Å²) >= 11 is 0. The van der Waals surface area contributed by atoms with Gasteiger partial charge in [-0.1, -0.05) is 39.3 Å². The molecule has 25 heavy (non-hydrogen) atoms. The number of carbonyl (C=O) groups excluding carboxylic acids is 2. The van der Waals surface area contributed by atoms with E-state index >= 15 is 0 Å². The predicted octanol–water partition coefficient (Wildman–Crippen LogP) is 5.63. The van der Waals surface area contributed by atoms with E-state index in [-0.39, 0.29) is 11.6 Å². The minimum Gasteiger partial charge on any atom is -0.488 e. The molecule has 0 saturated carbocycles. The molecule has 132 valence electrons. The van der Waals surface area contributed by atoms with Crippen molar-refractivity contribution in [3.8, 4) is 16.9 Å². The zero-order chi connectivity index (χ0) is 18.6. The summed E-state index contributed by atoms with van der Waals surface area (Å²) < 4.78 is 5.81. The van der Waals surface area contributed by atoms with Crippen molar-refractivity contribution in [2.45, 2.75) is 54.1 Å². The summed E-state index contributed by atoms with van der Waals surface area (Å²) in [5.74, 6) is 0.848. The van der Waals surface area contributed by atoms with E-state index < -0.39 is 0 Å². The van der Waals surface area contributed by atoms with Gasteiger partial charge in [0.2, 0.25) is 0 Å². The fourth-order valence-corrected chi connectivity index (χ4v) is 2.93. The highest BCUT2D eigenvalue weighted by molar-refractivity contribution is 5.98. The van der Waals surface area contributed by atoms with Crippen molar-refractivity contribution in [3.63, 3.8) is 0 Å². The van der Waals surface area contributed by atoms with Crippen molar-refractivity contribution < 1.29 is 14.3 Å². The van der Waals surface area contributed by atoms with Crippen LogP contribution in [0, 0.1) is 0 Å². The number of aryl methyl sites for hydroxylation is 1. The lowest BCUT2D eigenvalue weighted by atomic mass is 9.90. The van der Waals surface area contributed by atoms with Gasteiger partial charge in [-0.05, 0) is 55.2 Å². The molecule has 3 nitrogen and oxygen atoms in total. The molecule has 3 rings (SSSR count). The van der Waals surface area contributed by atoms with E-state index in [2.05, 4.69) is 13.8 Å². The van der Waals surface area contributed by atoms with Gasteiger partial charge < -0.3 is 4.74 Å². The minimum atomic E-state index is 0.0507. The Balaban J connectivity index is 0.000000701. The van der Waals surface area contributed by atoms with Crippen LogP contribution in [0.5, 0.6) is 5.75 Å². The fourth-order valence-electron chi connectivity index (χ4n) is 2.93. The van der Waals surface area contributed by atoms with Gasteiger partial charge in [-0.15, -0.1) is 0 Å². The number of ether oxygens (including phenoxy) is 1. The molecule has 0 bridgehead atoms. The number of carbonyl (C=O) groups is 2. The van der Waals surface area contributed by atoms with Gasteiger partial charge in [0.1, 0.15) is 12.4 Å². The molecular weight excluding hydrogens is 312 g/mol. The molecule has 3 heteroatoms. The Morgan fingerprint density at radius 1 is 0.960 bits per heavy atom. The monoisotopic (exact) mass is 338 g/mol. The number of hydrogen-bond donors (Lipinski definition) is 0. The molecule has 2 aromatic rings. The van der Waals surface area contributed by atoms with Crippen LogP contribution in [0.1, 0.15) is 72.9 Å². The van der Waals surface area contributed by atoms with E-state index in [1.807, 2.05) is 37.3 Å². The molecule has 0 spiro atoms. The number of Topliss-reactive ketones (excluding diaryl/α,β-unsaturated/α-hetero) is 2. The molecule has 0 saturated heterocycles. The summed E-state index contributed by atoms with van der Waals surface area (Å²) in [5.41, 5.74) is 5.54. The van der Waals surface area contributed by atoms with E-state index in [1.54, 1.807) is 13.8 Å². The highest BCUT2D eigenvalue weighted by atomic mass is 16.5. The van der Waals surface area contributed by atoms with Crippen LogP contribution in [0.2, 0.25) is 0 Å². The molecule has 0 unspecified atom stereocenters. The van der Waals surface area contributed by atoms with Crippen LogP contribution in [0.4, 0.5) is 0 Å². The maximum atomic E-state index is 11.8. The third kappa shape index (κ3) is 3.98. The molecule has 0 fully saturated rings. The van der Waals surface area contributed by atoms with Crippen LogP contribution in [-0.2, 0) is 13.0 Å². The maximum absolute atomic E-state index is 11.8. The molecule has 2 aromatic carbocycles. The van der Waals surface area contributed by atoms with Gasteiger partial charge in [-0.2, -0.15) is 0 Å². The standard InChI is InChI=1S/C19H18O3.C3H8/c1-4-13-8-18-16-6-5-14(11(2)20)7-15(16)10-22-19(18)9-17(13)12(3)21;1-3-2/h5-9H,4,10H2,1-3H3;3H2,1-2H3. The highest BCUT2D eigenvalue weighted by Crippen LogP contribution is 2.40. The lowest BCUT2D eigenvalue weighted by molar-refractivity contribution is 0.100. The summed E-state index contributed by atoms with van der Waals surface area (Å²) in [6, 6.07) is 9.60. The first-order chi connectivity index (χ1) is 11.9. The maximum Gasteiger partial charge on any atom is 0.160 e. The first kappa shape index (κ1) is 18.9. The lowest BCUT2D eigenvalue weighted by Gasteiger charge is -2.23. The second-order valence-electron chi connectivity index (χ2n) is 6.34. The second kappa shape index (κ2) is 8.11. The van der Waals surface area contributed by atoms with E-state index in [1.165, 1.54) is 6.42 Å². The third-order valence-corrected chi connectivity index (χ3v) is 4.15. The van der Waals surface area contributed by atoms with E-state index in [0.29, 0.717) is 12.2 Å². The number of fused-ring (bicyclic) bond motifs is 3. The fraction of sp³-hybridized carbons (Fsp3) is 0.364. The van der Waals surface area contributed by atoms with Gasteiger partial charge in [0.15, 0.2) is 11.6 Å². The molecule has 1 heterocycles. The van der Waals surface area contributed by atoms with E-state index in [0.717, 1.165) is 40.0 Å². The highest BCUT2D eigenvalue weighted by Gasteiger charge is 2.21. The Morgan fingerprint density at radius 2 is 1.64 bits per heavy atom. The topological polar surface area (TPSA) is 43.4 Å². The summed E-state index contributed by atoms with van der Waals surface area (Å²) in [7, 11) is 0. The Bertz CT molecular complexity index is 803. The normalized spacial score (nSPS) is 11.4. The first-order valence-corrected chi connectivity index (χ1v) is 8.87. The lowest BCUT2D eigenvalue weighted by Crippen LogP contribution is -2.09. The van der Waals surface area contributed by atoms with Crippen LogP contribution in [-0.4, -0.2) is 11.6 Å². The van der Waals surface area contributed by atoms with Gasteiger partial charge >= 0.3 is 0 Å². The van der Waals surface area contributed by atoms with Crippen molar-refractivity contribution in [2.24, 2.45) is 0 Å². The SMILES string of the molecule is CCC.CCc1cc2c(cc1C(C)=O)OCc1cc(C(C)=O)ccc1-2. The van der Waals surface area contributed by atoms with Gasteiger partial charge in [-0.3, -0.25) is 9.59 Å². The van der Waals surface area contributed by atoms with Crippen LogP contribution >= 0.6 is 0 Å². The van der Waals surface area contributed by atoms with Crippen LogP contribution in [0.15, 0.2) is 30.3 Å². The number of hydrogen-bond acceptors (Lipinski definition) is 3. The average Bonchev–Trinajstić information content (AvgIpc) is 2.60. The Labute approximate surface area is 150 Å². The third-order valence-electron chi connectivity index (χ3n) is 4.15. The van der Waals surface area contributed by atoms with Crippen molar-refractivity contribution in [3.05, 3.63) is 52.6 Å². The Morgan fingerprint density at radius 3 is 2.20 bits per heavy atom. The molecule has 0 amide bonds. The van der Waals surface area contributed by atoms with Crippen molar-refractivity contribution in [2.75, 3.05) is 0 Å². The summed E-state index contributed by atoms with van der Waals surface area (Å²) in [6.07, 6.45) is 2.04. The van der Waals surface area contributed by atoms with Crippen molar-refractivity contribution >= 4 is 11.6 Å². The summed E-state index contributed by atoms with van der Waals surface area (Å²) in [6.45, 7) is 9.86. The minimum absolute atomic E-state index is 0.0507. The smallest absolute Gasteiger partial charge is 0.160 e. The zero-order valence-electron chi connectivity index (χ0n) is 15.7. The number of ketones is 2. The average molecular weight is 338 g/mol. The number of benzene rings is 2. The largest absolute Gasteiger partial charge is 0.488 e. The van der Waals surface area contributed by atoms with E-state index in [4.69, 9.17) is 4.74 Å². The Kier molecular flexibility index (Phi) is 6.13. The molecule has 0 aromatic heterocycles. The van der Waals surface area contributed by atoms with Gasteiger partial charge in [0.25, 0.3) is 0 Å². The van der Waals surface area contributed by atoms with Crippen LogP contribution < -0.4 is 4.74 Å². The summed E-state index contributed by atoms with van der Waals surface area (Å²) in [4.78, 5) is 23.3. The molecule has 1 aliphatic rings. The van der Waals surface area contributed by atoms with Crippen molar-refractivity contribution in [1.82, 2.24) is 0 Å². The molecule has 0 N–H and O–H groups in total. The first-order valence-electron chi connectivity index (χ1n) is 8.87. The van der Waals surface area contributed by atoms with Crippen LogP contribution in [0.3, 0.4) is 0 Å².